The number of nitrogens with zero attached hydrogens (tertiary/aromatic N) is 3. The van der Waals surface area contributed by atoms with Gasteiger partial charge in [-0.1, -0.05) is 0 Å². The zero-order chi connectivity index (χ0) is 16.9. The molecule has 0 bridgehead atoms. The van der Waals surface area contributed by atoms with Gasteiger partial charge in [0, 0.05) is 30.1 Å². The van der Waals surface area contributed by atoms with Crippen LogP contribution in [0.2, 0.25) is 0 Å². The second kappa shape index (κ2) is 7.05. The average molecular weight is 318 g/mol. The number of hydrogen-bond donors (Lipinski definition) is 1. The van der Waals surface area contributed by atoms with E-state index in [0.29, 0.717) is 5.56 Å². The quantitative estimate of drug-likeness (QED) is 0.863. The molecule has 120 valence electrons. The number of nitrogens with one attached hydrogen (secondary N) is 1. The largest absolute Gasteiger partial charge is 0.352 e. The molecule has 5 nitrogen and oxygen atoms in total. The number of benzene rings is 1. The first-order valence-electron chi connectivity index (χ1n) is 7.98. The zero-order valence-corrected chi connectivity index (χ0v) is 13.5. The number of carbonyl (C=O) groups is 1. The number of nitriles is 1. The van der Waals surface area contributed by atoms with Crippen molar-refractivity contribution in [1.82, 2.24) is 15.3 Å². The minimum Gasteiger partial charge on any atom is -0.352 e. The maximum Gasteiger partial charge on any atom is 0.247 e. The lowest BCUT2D eigenvalue weighted by Crippen LogP contribution is -2.23. The minimum absolute atomic E-state index is 0.0149. The SMILES string of the molecule is Cc1c(/C=C2\CCCCNC2=O)cc(C#N)cc1-c1cncnc1. The highest BCUT2D eigenvalue weighted by molar-refractivity contribution is 5.98. The second-order valence-electron chi connectivity index (χ2n) is 5.86. The van der Waals surface area contributed by atoms with Crippen LogP contribution in [-0.4, -0.2) is 22.4 Å². The van der Waals surface area contributed by atoms with Gasteiger partial charge in [0.1, 0.15) is 6.33 Å². The predicted molar refractivity (Wildman–Crippen MR) is 91.8 cm³/mol. The number of aromatic nitrogens is 2. The van der Waals surface area contributed by atoms with E-state index in [0.717, 1.165) is 53.6 Å². The standard InChI is InChI=1S/C19H18N4O/c1-13-16(8-15-4-2-3-5-23-19(15)24)6-14(9-20)7-18(13)17-10-21-12-22-11-17/h6-8,10-12H,2-5H2,1H3,(H,23,24)/b15-8+. The number of rotatable bonds is 2. The summed E-state index contributed by atoms with van der Waals surface area (Å²) in [5.41, 5.74) is 4.99. The molecule has 2 heterocycles. The van der Waals surface area contributed by atoms with Gasteiger partial charge in [-0.15, -0.1) is 0 Å². The third-order valence-electron chi connectivity index (χ3n) is 4.23. The Kier molecular flexibility index (Phi) is 4.66. The molecule has 1 N–H and O–H groups in total. The topological polar surface area (TPSA) is 78.7 Å². The predicted octanol–water partition coefficient (Wildman–Crippen LogP) is 3.01. The van der Waals surface area contributed by atoms with Gasteiger partial charge >= 0.3 is 0 Å². The van der Waals surface area contributed by atoms with E-state index >= 15 is 0 Å². The molecule has 5 heteroatoms. The highest BCUT2D eigenvalue weighted by Crippen LogP contribution is 2.28. The van der Waals surface area contributed by atoms with Gasteiger partial charge in [-0.2, -0.15) is 5.26 Å². The van der Waals surface area contributed by atoms with E-state index in [1.807, 2.05) is 25.1 Å². The van der Waals surface area contributed by atoms with Gasteiger partial charge < -0.3 is 5.32 Å². The molecule has 0 unspecified atom stereocenters. The average Bonchev–Trinajstić information content (AvgIpc) is 2.82. The molecule has 1 aliphatic rings. The third-order valence-corrected chi connectivity index (χ3v) is 4.23. The maximum atomic E-state index is 12.2. The first-order valence-corrected chi connectivity index (χ1v) is 7.98. The Morgan fingerprint density at radius 1 is 1.25 bits per heavy atom. The fraction of sp³-hybridized carbons (Fsp3) is 0.263. The highest BCUT2D eigenvalue weighted by atomic mass is 16.1. The van der Waals surface area contributed by atoms with Crippen molar-refractivity contribution in [2.45, 2.75) is 26.2 Å². The molecule has 1 amide bonds. The summed E-state index contributed by atoms with van der Waals surface area (Å²) in [6.07, 6.45) is 9.58. The summed E-state index contributed by atoms with van der Waals surface area (Å²) in [4.78, 5) is 20.3. The summed E-state index contributed by atoms with van der Waals surface area (Å²) >= 11 is 0. The van der Waals surface area contributed by atoms with E-state index in [-0.39, 0.29) is 5.91 Å². The highest BCUT2D eigenvalue weighted by Gasteiger charge is 2.15. The van der Waals surface area contributed by atoms with Crippen LogP contribution in [0.5, 0.6) is 0 Å². The lowest BCUT2D eigenvalue weighted by atomic mass is 9.93. The molecule has 1 fully saturated rings. The summed E-state index contributed by atoms with van der Waals surface area (Å²) in [5.74, 6) is -0.0149. The van der Waals surface area contributed by atoms with Crippen LogP contribution in [0.15, 0.2) is 36.4 Å². The van der Waals surface area contributed by atoms with Crippen LogP contribution in [0.25, 0.3) is 17.2 Å². The van der Waals surface area contributed by atoms with Gasteiger partial charge in [-0.05, 0) is 61.1 Å². The van der Waals surface area contributed by atoms with Gasteiger partial charge in [-0.3, -0.25) is 4.79 Å². The molecule has 1 aliphatic heterocycles. The van der Waals surface area contributed by atoms with Crippen molar-refractivity contribution < 1.29 is 4.79 Å². The van der Waals surface area contributed by atoms with E-state index in [1.54, 1.807) is 12.4 Å². The monoisotopic (exact) mass is 318 g/mol. The minimum atomic E-state index is -0.0149. The summed E-state index contributed by atoms with van der Waals surface area (Å²) in [7, 11) is 0. The molecule has 0 saturated carbocycles. The Morgan fingerprint density at radius 3 is 2.79 bits per heavy atom. The Hall–Kier alpha value is -3.00. The van der Waals surface area contributed by atoms with Crippen LogP contribution in [0.1, 0.15) is 36.0 Å². The van der Waals surface area contributed by atoms with Crippen molar-refractivity contribution in [2.24, 2.45) is 0 Å². The second-order valence-corrected chi connectivity index (χ2v) is 5.86. The lowest BCUT2D eigenvalue weighted by Gasteiger charge is -2.11. The van der Waals surface area contributed by atoms with Crippen molar-refractivity contribution in [2.75, 3.05) is 6.54 Å². The van der Waals surface area contributed by atoms with Crippen molar-refractivity contribution in [1.29, 1.82) is 5.26 Å². The van der Waals surface area contributed by atoms with Crippen LogP contribution >= 0.6 is 0 Å². The van der Waals surface area contributed by atoms with E-state index in [9.17, 15) is 10.1 Å². The Morgan fingerprint density at radius 2 is 2.04 bits per heavy atom. The van der Waals surface area contributed by atoms with Gasteiger partial charge in [0.15, 0.2) is 0 Å². The molecule has 3 rings (SSSR count). The number of amides is 1. The van der Waals surface area contributed by atoms with Crippen molar-refractivity contribution in [3.8, 4) is 17.2 Å². The number of carbonyl (C=O) groups excluding carboxylic acids is 1. The molecule has 2 aromatic rings. The van der Waals surface area contributed by atoms with Crippen LogP contribution < -0.4 is 5.32 Å². The van der Waals surface area contributed by atoms with Gasteiger partial charge in [-0.25, -0.2) is 9.97 Å². The lowest BCUT2D eigenvalue weighted by molar-refractivity contribution is -0.117. The van der Waals surface area contributed by atoms with E-state index in [2.05, 4.69) is 21.4 Å². The van der Waals surface area contributed by atoms with Crippen LogP contribution in [0.4, 0.5) is 0 Å². The van der Waals surface area contributed by atoms with Gasteiger partial charge in [0.2, 0.25) is 5.91 Å². The van der Waals surface area contributed by atoms with E-state index in [4.69, 9.17) is 0 Å². The molecule has 0 aliphatic carbocycles. The molecular weight excluding hydrogens is 300 g/mol. The molecule has 24 heavy (non-hydrogen) atoms. The first-order chi connectivity index (χ1) is 11.7. The summed E-state index contributed by atoms with van der Waals surface area (Å²) < 4.78 is 0. The van der Waals surface area contributed by atoms with Crippen LogP contribution in [0, 0.1) is 18.3 Å². The maximum absolute atomic E-state index is 12.2. The molecule has 1 aromatic heterocycles. The molecule has 0 radical (unpaired) electrons. The summed E-state index contributed by atoms with van der Waals surface area (Å²) in [6, 6.07) is 5.86. The first kappa shape index (κ1) is 15.9. The van der Waals surface area contributed by atoms with Crippen molar-refractivity contribution in [3.63, 3.8) is 0 Å². The molecular formula is C19H18N4O. The van der Waals surface area contributed by atoms with Crippen molar-refractivity contribution >= 4 is 12.0 Å². The van der Waals surface area contributed by atoms with E-state index < -0.39 is 0 Å². The molecule has 0 spiro atoms. The Balaban J connectivity index is 2.11. The summed E-state index contributed by atoms with van der Waals surface area (Å²) in [5, 5.41) is 12.3. The fourth-order valence-electron chi connectivity index (χ4n) is 2.88. The van der Waals surface area contributed by atoms with Crippen LogP contribution in [-0.2, 0) is 4.79 Å². The van der Waals surface area contributed by atoms with Crippen LogP contribution in [0.3, 0.4) is 0 Å². The Labute approximate surface area is 141 Å². The number of hydrogen-bond acceptors (Lipinski definition) is 4. The normalized spacial score (nSPS) is 16.3. The fourth-order valence-corrected chi connectivity index (χ4v) is 2.88. The molecule has 0 atom stereocenters. The molecule has 1 aromatic carbocycles. The molecule has 1 saturated heterocycles. The smallest absolute Gasteiger partial charge is 0.247 e. The van der Waals surface area contributed by atoms with Gasteiger partial charge in [0.05, 0.1) is 11.6 Å². The zero-order valence-electron chi connectivity index (χ0n) is 13.5. The third kappa shape index (κ3) is 3.33. The van der Waals surface area contributed by atoms with Gasteiger partial charge in [0.25, 0.3) is 0 Å². The Bertz CT molecular complexity index is 834. The van der Waals surface area contributed by atoms with Crippen molar-refractivity contribution in [3.05, 3.63) is 53.1 Å². The van der Waals surface area contributed by atoms with E-state index in [1.165, 1.54) is 6.33 Å². The summed E-state index contributed by atoms with van der Waals surface area (Å²) in [6.45, 7) is 2.71.